The van der Waals surface area contributed by atoms with Crippen molar-refractivity contribution >= 4 is 43.1 Å². The van der Waals surface area contributed by atoms with E-state index in [1.165, 1.54) is 42.4 Å². The van der Waals surface area contributed by atoms with Crippen molar-refractivity contribution < 1.29 is 0 Å². The Labute approximate surface area is 282 Å². The van der Waals surface area contributed by atoms with E-state index < -0.39 is 0 Å². The molecule has 5 heteroatoms. The maximum atomic E-state index is 7.04. The van der Waals surface area contributed by atoms with Crippen LogP contribution in [0.25, 0.3) is 76.6 Å². The maximum absolute atomic E-state index is 7.04. The van der Waals surface area contributed by atoms with E-state index in [0.717, 1.165) is 27.8 Å². The van der Waals surface area contributed by atoms with Gasteiger partial charge >= 0.3 is 0 Å². The molecule has 0 unspecified atom stereocenters. The van der Waals surface area contributed by atoms with Crippen LogP contribution in [0.2, 0.25) is 5.02 Å². The number of benzene rings is 6. The summed E-state index contributed by atoms with van der Waals surface area (Å²) in [5.74, 6) is 1.85. The van der Waals surface area contributed by atoms with Crippen molar-refractivity contribution in [1.82, 2.24) is 15.0 Å². The van der Waals surface area contributed by atoms with Crippen molar-refractivity contribution in [2.24, 2.45) is 0 Å². The molecule has 0 amide bonds. The number of hydrogen-bond acceptors (Lipinski definition) is 4. The van der Waals surface area contributed by atoms with Crippen LogP contribution in [0.4, 0.5) is 0 Å². The average molecular weight is 642 g/mol. The third-order valence-corrected chi connectivity index (χ3v) is 10.9. The van der Waals surface area contributed by atoms with E-state index in [2.05, 4.69) is 111 Å². The molecule has 6 aromatic carbocycles. The van der Waals surface area contributed by atoms with E-state index in [-0.39, 0.29) is 5.41 Å². The molecule has 0 N–H and O–H groups in total. The Bertz CT molecular complexity index is 2520. The average Bonchev–Trinajstić information content (AvgIpc) is 3.60. The molecule has 2 heterocycles. The Morgan fingerprint density at radius 2 is 1.06 bits per heavy atom. The van der Waals surface area contributed by atoms with Crippen LogP contribution in [0.1, 0.15) is 25.0 Å². The molecule has 2 aromatic heterocycles. The largest absolute Gasteiger partial charge is 0.208 e. The summed E-state index contributed by atoms with van der Waals surface area (Å²) in [6, 6.07) is 46.6. The summed E-state index contributed by atoms with van der Waals surface area (Å²) in [6.45, 7) is 4.58. The summed E-state index contributed by atoms with van der Waals surface area (Å²) >= 11 is 8.86. The Morgan fingerprint density at radius 1 is 0.468 bits per heavy atom. The predicted molar refractivity (Wildman–Crippen MR) is 197 cm³/mol. The lowest BCUT2D eigenvalue weighted by molar-refractivity contribution is 0.660. The minimum atomic E-state index is -0.123. The molecule has 0 aliphatic heterocycles. The van der Waals surface area contributed by atoms with E-state index in [4.69, 9.17) is 26.6 Å². The van der Waals surface area contributed by atoms with Crippen LogP contribution >= 0.6 is 22.9 Å². The fourth-order valence-corrected chi connectivity index (χ4v) is 8.35. The Morgan fingerprint density at radius 3 is 1.85 bits per heavy atom. The number of hydrogen-bond donors (Lipinski definition) is 0. The lowest BCUT2D eigenvalue weighted by Gasteiger charge is -2.21. The van der Waals surface area contributed by atoms with E-state index in [1.807, 2.05) is 47.7 Å². The number of fused-ring (bicyclic) bond motifs is 6. The summed E-state index contributed by atoms with van der Waals surface area (Å²) in [5, 5.41) is 3.17. The number of halogens is 1. The van der Waals surface area contributed by atoms with Crippen LogP contribution in [-0.2, 0) is 5.41 Å². The zero-order valence-electron chi connectivity index (χ0n) is 25.8. The first kappa shape index (κ1) is 28.1. The summed E-state index contributed by atoms with van der Waals surface area (Å²) in [7, 11) is 0. The first-order valence-corrected chi connectivity index (χ1v) is 16.9. The normalized spacial score (nSPS) is 13.2. The number of aromatic nitrogens is 3. The van der Waals surface area contributed by atoms with E-state index in [0.29, 0.717) is 22.5 Å². The Hall–Kier alpha value is -5.16. The number of thiophene rings is 1. The summed E-state index contributed by atoms with van der Waals surface area (Å²) < 4.78 is 2.56. The molecule has 0 bridgehead atoms. The van der Waals surface area contributed by atoms with Gasteiger partial charge in [-0.1, -0.05) is 129 Å². The number of rotatable bonds is 4. The Balaban J connectivity index is 1.15. The molecule has 3 nitrogen and oxygen atoms in total. The molecule has 224 valence electrons. The van der Waals surface area contributed by atoms with Crippen molar-refractivity contribution in [1.29, 1.82) is 0 Å². The van der Waals surface area contributed by atoms with E-state index >= 15 is 0 Å². The van der Waals surface area contributed by atoms with Gasteiger partial charge in [0.05, 0.1) is 0 Å². The van der Waals surface area contributed by atoms with Crippen LogP contribution in [0.15, 0.2) is 133 Å². The zero-order valence-corrected chi connectivity index (χ0v) is 27.4. The third-order valence-electron chi connectivity index (χ3n) is 9.42. The lowest BCUT2D eigenvalue weighted by Crippen LogP contribution is -2.15. The molecule has 0 saturated carbocycles. The highest BCUT2D eigenvalue weighted by Gasteiger charge is 2.35. The van der Waals surface area contributed by atoms with Crippen LogP contribution in [0.5, 0.6) is 0 Å². The molecular formula is C42H28ClN3S. The zero-order chi connectivity index (χ0) is 31.7. The SMILES string of the molecule is CC1(C)c2ccccc2-c2ccc(-c3nc(-c4ccccc4)nc(-c4ccc(-c5ccc6sc7ccccc7c6c5)c(Cl)c4)n3)cc21. The molecule has 0 fully saturated rings. The van der Waals surface area contributed by atoms with Gasteiger partial charge in [0.25, 0.3) is 0 Å². The minimum absolute atomic E-state index is 0.123. The molecule has 1 aliphatic carbocycles. The van der Waals surface area contributed by atoms with Gasteiger partial charge in [-0.25, -0.2) is 15.0 Å². The van der Waals surface area contributed by atoms with Gasteiger partial charge in [0, 0.05) is 52.9 Å². The van der Waals surface area contributed by atoms with Crippen LogP contribution in [0, 0.1) is 0 Å². The molecule has 1 aliphatic rings. The van der Waals surface area contributed by atoms with Gasteiger partial charge in [0.15, 0.2) is 17.5 Å². The second-order valence-corrected chi connectivity index (χ2v) is 14.1. The standard InChI is InChI=1S/C42H28ClN3S/c1-42(2)34-14-8-6-12-30(34)31-20-17-27(23-35(31)42)40-44-39(25-10-4-3-5-11-25)45-41(46-40)28-16-19-29(36(43)24-28)26-18-21-38-33(22-26)32-13-7-9-15-37(32)47-38/h3-24H,1-2H3. The van der Waals surface area contributed by atoms with Crippen LogP contribution < -0.4 is 0 Å². The van der Waals surface area contributed by atoms with Crippen LogP contribution in [0.3, 0.4) is 0 Å². The third kappa shape index (κ3) is 4.59. The first-order valence-electron chi connectivity index (χ1n) is 15.7. The molecule has 8 aromatic rings. The van der Waals surface area contributed by atoms with Gasteiger partial charge in [-0.05, 0) is 58.1 Å². The smallest absolute Gasteiger partial charge is 0.164 e. The van der Waals surface area contributed by atoms with Gasteiger partial charge in [-0.3, -0.25) is 0 Å². The van der Waals surface area contributed by atoms with Crippen LogP contribution in [-0.4, -0.2) is 15.0 Å². The molecule has 47 heavy (non-hydrogen) atoms. The maximum Gasteiger partial charge on any atom is 0.164 e. The van der Waals surface area contributed by atoms with Crippen molar-refractivity contribution in [3.05, 3.63) is 150 Å². The highest BCUT2D eigenvalue weighted by Crippen LogP contribution is 2.49. The molecule has 0 saturated heterocycles. The molecule has 0 atom stereocenters. The molecule has 9 rings (SSSR count). The quantitative estimate of drug-likeness (QED) is 0.192. The second kappa shape index (κ2) is 10.7. The predicted octanol–water partition coefficient (Wildman–Crippen LogP) is 11.9. The minimum Gasteiger partial charge on any atom is -0.208 e. The highest BCUT2D eigenvalue weighted by atomic mass is 35.5. The van der Waals surface area contributed by atoms with Crippen molar-refractivity contribution in [3.63, 3.8) is 0 Å². The molecule has 0 radical (unpaired) electrons. The lowest BCUT2D eigenvalue weighted by atomic mass is 9.82. The molecule has 0 spiro atoms. The van der Waals surface area contributed by atoms with Gasteiger partial charge in [0.1, 0.15) is 0 Å². The summed E-state index contributed by atoms with van der Waals surface area (Å²) in [4.78, 5) is 15.0. The van der Waals surface area contributed by atoms with Gasteiger partial charge < -0.3 is 0 Å². The van der Waals surface area contributed by atoms with E-state index in [9.17, 15) is 0 Å². The van der Waals surface area contributed by atoms with Crippen molar-refractivity contribution in [2.75, 3.05) is 0 Å². The molecular weight excluding hydrogens is 614 g/mol. The highest BCUT2D eigenvalue weighted by molar-refractivity contribution is 7.25. The number of nitrogens with zero attached hydrogens (tertiary/aromatic N) is 3. The van der Waals surface area contributed by atoms with Gasteiger partial charge in [-0.2, -0.15) is 0 Å². The summed E-state index contributed by atoms with van der Waals surface area (Å²) in [6.07, 6.45) is 0. The first-order chi connectivity index (χ1) is 22.9. The topological polar surface area (TPSA) is 38.7 Å². The van der Waals surface area contributed by atoms with Crippen molar-refractivity contribution in [2.45, 2.75) is 19.3 Å². The Kier molecular flexibility index (Phi) is 6.39. The van der Waals surface area contributed by atoms with E-state index in [1.54, 1.807) is 0 Å². The van der Waals surface area contributed by atoms with Gasteiger partial charge in [-0.15, -0.1) is 11.3 Å². The summed E-state index contributed by atoms with van der Waals surface area (Å²) in [5.41, 5.74) is 9.86. The van der Waals surface area contributed by atoms with Gasteiger partial charge in [0.2, 0.25) is 0 Å². The fourth-order valence-electron chi connectivity index (χ4n) is 6.98. The second-order valence-electron chi connectivity index (χ2n) is 12.6. The van der Waals surface area contributed by atoms with Crippen molar-refractivity contribution in [3.8, 4) is 56.4 Å². The monoisotopic (exact) mass is 641 g/mol. The fraction of sp³-hybridized carbons (Fsp3) is 0.0714.